The van der Waals surface area contributed by atoms with Gasteiger partial charge in [-0.1, -0.05) is 19.8 Å². The Morgan fingerprint density at radius 1 is 1.25 bits per heavy atom. The number of hydrogen-bond acceptors (Lipinski definition) is 4. The van der Waals surface area contributed by atoms with Gasteiger partial charge >= 0.3 is 0 Å². The van der Waals surface area contributed by atoms with E-state index in [2.05, 4.69) is 11.8 Å². The van der Waals surface area contributed by atoms with Crippen LogP contribution in [0.3, 0.4) is 0 Å². The molecule has 1 N–H and O–H groups in total. The van der Waals surface area contributed by atoms with Crippen LogP contribution in [-0.2, 0) is 9.47 Å². The molecule has 0 aliphatic carbocycles. The number of likely N-dealkylation sites (tertiary alicyclic amines) is 1. The number of aliphatic hydroxyl groups excluding tert-OH is 1. The van der Waals surface area contributed by atoms with Crippen LogP contribution in [-0.4, -0.2) is 62.2 Å². The average molecular weight is 287 g/mol. The highest BCUT2D eigenvalue weighted by Crippen LogP contribution is 2.21. The molecule has 1 aliphatic rings. The quantitative estimate of drug-likeness (QED) is 0.706. The zero-order valence-electron chi connectivity index (χ0n) is 13.5. The van der Waals surface area contributed by atoms with Crippen molar-refractivity contribution in [2.24, 2.45) is 5.92 Å². The standard InChI is InChI=1S/C16H33NO3/c1-4-6-15-7-5-9-17(10-8-15)11-16(18)13-20-14(2)12-19-3/h14-16,18H,4-13H2,1-3H3. The molecule has 0 saturated carbocycles. The van der Waals surface area contributed by atoms with Crippen molar-refractivity contribution < 1.29 is 14.6 Å². The SMILES string of the molecule is CCCC1CCCN(CC(O)COC(C)COC)CC1. The molecule has 3 atom stereocenters. The Morgan fingerprint density at radius 3 is 2.75 bits per heavy atom. The van der Waals surface area contributed by atoms with Gasteiger partial charge in [-0.15, -0.1) is 0 Å². The van der Waals surface area contributed by atoms with Gasteiger partial charge in [0.2, 0.25) is 0 Å². The number of hydrogen-bond donors (Lipinski definition) is 1. The summed E-state index contributed by atoms with van der Waals surface area (Å²) in [4.78, 5) is 2.39. The number of methoxy groups -OCH3 is 1. The summed E-state index contributed by atoms with van der Waals surface area (Å²) in [6.45, 7) is 8.19. The maximum absolute atomic E-state index is 10.1. The molecule has 1 rings (SSSR count). The summed E-state index contributed by atoms with van der Waals surface area (Å²) in [6.07, 6.45) is 6.19. The molecule has 0 amide bonds. The van der Waals surface area contributed by atoms with Crippen LogP contribution in [0.25, 0.3) is 0 Å². The summed E-state index contributed by atoms with van der Waals surface area (Å²) >= 11 is 0. The maximum Gasteiger partial charge on any atom is 0.0900 e. The first kappa shape index (κ1) is 17.9. The summed E-state index contributed by atoms with van der Waals surface area (Å²) in [7, 11) is 1.67. The Kier molecular flexibility index (Phi) is 9.44. The number of rotatable bonds is 9. The van der Waals surface area contributed by atoms with Crippen LogP contribution in [0.15, 0.2) is 0 Å². The fourth-order valence-electron chi connectivity index (χ4n) is 3.01. The van der Waals surface area contributed by atoms with Gasteiger partial charge < -0.3 is 19.5 Å². The van der Waals surface area contributed by atoms with Crippen molar-refractivity contribution in [3.8, 4) is 0 Å². The molecule has 0 aromatic rings. The minimum Gasteiger partial charge on any atom is -0.389 e. The minimum atomic E-state index is -0.392. The van der Waals surface area contributed by atoms with Gasteiger partial charge in [0.1, 0.15) is 0 Å². The molecule has 20 heavy (non-hydrogen) atoms. The summed E-state index contributed by atoms with van der Waals surface area (Å²) < 4.78 is 10.6. The second-order valence-electron chi connectivity index (χ2n) is 6.14. The minimum absolute atomic E-state index is 0.0488. The zero-order chi connectivity index (χ0) is 14.8. The molecule has 1 heterocycles. The third kappa shape index (κ3) is 7.58. The normalized spacial score (nSPS) is 24.3. The lowest BCUT2D eigenvalue weighted by atomic mass is 9.96. The molecular weight excluding hydrogens is 254 g/mol. The summed E-state index contributed by atoms with van der Waals surface area (Å²) in [5.74, 6) is 0.889. The van der Waals surface area contributed by atoms with E-state index in [1.807, 2.05) is 6.92 Å². The third-order valence-corrected chi connectivity index (χ3v) is 4.08. The van der Waals surface area contributed by atoms with E-state index in [0.29, 0.717) is 13.2 Å². The number of aliphatic hydroxyl groups is 1. The van der Waals surface area contributed by atoms with Gasteiger partial charge in [-0.25, -0.2) is 0 Å². The Labute approximate surface area is 124 Å². The molecule has 120 valence electrons. The Morgan fingerprint density at radius 2 is 2.05 bits per heavy atom. The fourth-order valence-corrected chi connectivity index (χ4v) is 3.01. The predicted molar refractivity (Wildman–Crippen MR) is 82.0 cm³/mol. The molecule has 0 radical (unpaired) electrons. The van der Waals surface area contributed by atoms with E-state index in [1.54, 1.807) is 7.11 Å². The summed E-state index contributed by atoms with van der Waals surface area (Å²) in [5, 5.41) is 10.1. The lowest BCUT2D eigenvalue weighted by molar-refractivity contribution is -0.0395. The first-order valence-corrected chi connectivity index (χ1v) is 8.16. The topological polar surface area (TPSA) is 41.9 Å². The van der Waals surface area contributed by atoms with Gasteiger partial charge in [0.15, 0.2) is 0 Å². The van der Waals surface area contributed by atoms with E-state index < -0.39 is 6.10 Å². The smallest absolute Gasteiger partial charge is 0.0900 e. The molecule has 0 spiro atoms. The molecular formula is C16H33NO3. The summed E-state index contributed by atoms with van der Waals surface area (Å²) in [6, 6.07) is 0. The lowest BCUT2D eigenvalue weighted by Crippen LogP contribution is -2.36. The predicted octanol–water partition coefficient (Wildman–Crippen LogP) is 2.30. The van der Waals surface area contributed by atoms with Crippen molar-refractivity contribution >= 4 is 0 Å². The summed E-state index contributed by atoms with van der Waals surface area (Å²) in [5.41, 5.74) is 0. The van der Waals surface area contributed by atoms with Crippen LogP contribution in [0, 0.1) is 5.92 Å². The van der Waals surface area contributed by atoms with E-state index in [9.17, 15) is 5.11 Å². The van der Waals surface area contributed by atoms with E-state index in [0.717, 1.165) is 25.6 Å². The fraction of sp³-hybridized carbons (Fsp3) is 1.00. The van der Waals surface area contributed by atoms with E-state index in [1.165, 1.54) is 32.1 Å². The van der Waals surface area contributed by atoms with E-state index in [-0.39, 0.29) is 6.10 Å². The molecule has 1 aliphatic heterocycles. The second kappa shape index (κ2) is 10.6. The molecule has 0 aromatic heterocycles. The highest BCUT2D eigenvalue weighted by Gasteiger charge is 2.19. The van der Waals surface area contributed by atoms with Crippen molar-refractivity contribution in [3.05, 3.63) is 0 Å². The number of ether oxygens (including phenoxy) is 2. The van der Waals surface area contributed by atoms with E-state index in [4.69, 9.17) is 9.47 Å². The highest BCUT2D eigenvalue weighted by atomic mass is 16.5. The molecule has 3 unspecified atom stereocenters. The van der Waals surface area contributed by atoms with Gasteiger partial charge in [-0.05, 0) is 45.2 Å². The van der Waals surface area contributed by atoms with Gasteiger partial charge in [0, 0.05) is 13.7 Å². The van der Waals surface area contributed by atoms with Crippen LogP contribution in [0.5, 0.6) is 0 Å². The first-order chi connectivity index (χ1) is 9.65. The third-order valence-electron chi connectivity index (χ3n) is 4.08. The first-order valence-electron chi connectivity index (χ1n) is 8.16. The van der Waals surface area contributed by atoms with Gasteiger partial charge in [-0.2, -0.15) is 0 Å². The van der Waals surface area contributed by atoms with Crippen LogP contribution in [0.2, 0.25) is 0 Å². The van der Waals surface area contributed by atoms with Crippen molar-refractivity contribution in [1.82, 2.24) is 4.90 Å². The number of β-amino-alcohol motifs (C(OH)–C–C–N with tert-alkyl or cyclic N) is 1. The van der Waals surface area contributed by atoms with Crippen LogP contribution in [0.4, 0.5) is 0 Å². The average Bonchev–Trinajstić information content (AvgIpc) is 2.63. The molecule has 4 heteroatoms. The van der Waals surface area contributed by atoms with Gasteiger partial charge in [-0.3, -0.25) is 0 Å². The van der Waals surface area contributed by atoms with Crippen molar-refractivity contribution in [1.29, 1.82) is 0 Å². The molecule has 0 bridgehead atoms. The molecule has 4 nitrogen and oxygen atoms in total. The zero-order valence-corrected chi connectivity index (χ0v) is 13.5. The van der Waals surface area contributed by atoms with Gasteiger partial charge in [0.25, 0.3) is 0 Å². The van der Waals surface area contributed by atoms with Crippen LogP contribution >= 0.6 is 0 Å². The maximum atomic E-state index is 10.1. The van der Waals surface area contributed by atoms with Crippen molar-refractivity contribution in [2.75, 3.05) is 40.0 Å². The highest BCUT2D eigenvalue weighted by molar-refractivity contribution is 4.72. The molecule has 1 fully saturated rings. The molecule has 0 aromatic carbocycles. The Balaban J connectivity index is 2.19. The molecule has 1 saturated heterocycles. The van der Waals surface area contributed by atoms with Gasteiger partial charge in [0.05, 0.1) is 25.4 Å². The second-order valence-corrected chi connectivity index (χ2v) is 6.14. The Hall–Kier alpha value is -0.160. The van der Waals surface area contributed by atoms with Crippen LogP contribution < -0.4 is 0 Å². The van der Waals surface area contributed by atoms with Crippen LogP contribution in [0.1, 0.15) is 46.0 Å². The monoisotopic (exact) mass is 287 g/mol. The Bertz CT molecular complexity index is 238. The van der Waals surface area contributed by atoms with Crippen molar-refractivity contribution in [2.45, 2.75) is 58.2 Å². The number of nitrogens with zero attached hydrogens (tertiary/aromatic N) is 1. The lowest BCUT2D eigenvalue weighted by Gasteiger charge is -2.24. The van der Waals surface area contributed by atoms with E-state index >= 15 is 0 Å². The van der Waals surface area contributed by atoms with Crippen molar-refractivity contribution in [3.63, 3.8) is 0 Å². The largest absolute Gasteiger partial charge is 0.389 e.